The molecule has 2 aromatic heterocycles. The van der Waals surface area contributed by atoms with Crippen LogP contribution in [-0.4, -0.2) is 58.7 Å². The van der Waals surface area contributed by atoms with Crippen LogP contribution in [-0.2, 0) is 24.1 Å². The Morgan fingerprint density at radius 2 is 2.03 bits per heavy atom. The van der Waals surface area contributed by atoms with Crippen LogP contribution in [0.2, 0.25) is 0 Å². The summed E-state index contributed by atoms with van der Waals surface area (Å²) in [5, 5.41) is 10.6. The van der Waals surface area contributed by atoms with Gasteiger partial charge in [0.25, 0.3) is 0 Å². The van der Waals surface area contributed by atoms with E-state index in [0.717, 1.165) is 36.5 Å². The maximum absolute atomic E-state index is 12.8. The lowest BCUT2D eigenvalue weighted by Gasteiger charge is -2.36. The zero-order valence-electron chi connectivity index (χ0n) is 17.2. The highest BCUT2D eigenvalue weighted by Crippen LogP contribution is 2.41. The van der Waals surface area contributed by atoms with Gasteiger partial charge in [-0.3, -0.25) is 4.79 Å². The zero-order valence-corrected chi connectivity index (χ0v) is 18.0. The van der Waals surface area contributed by atoms with Gasteiger partial charge >= 0.3 is 0 Å². The molecule has 3 aliphatic rings. The quantitative estimate of drug-likeness (QED) is 0.815. The maximum atomic E-state index is 12.8. The Labute approximate surface area is 175 Å². The smallest absolute Gasteiger partial charge is 0.230 e. The number of likely N-dealkylation sites (tertiary alicyclic amines) is 1. The first-order chi connectivity index (χ1) is 14.1. The van der Waals surface area contributed by atoms with Crippen molar-refractivity contribution in [3.8, 4) is 0 Å². The number of rotatable bonds is 5. The lowest BCUT2D eigenvalue weighted by atomic mass is 9.91. The Kier molecular flexibility index (Phi) is 5.20. The van der Waals surface area contributed by atoms with E-state index in [2.05, 4.69) is 11.9 Å². The van der Waals surface area contributed by atoms with Crippen LogP contribution in [0.4, 0.5) is 5.82 Å². The van der Waals surface area contributed by atoms with E-state index in [-0.39, 0.29) is 24.9 Å². The number of aliphatic hydroxyl groups is 1. The number of carbonyl (C=O) groups is 1. The van der Waals surface area contributed by atoms with Crippen molar-refractivity contribution in [3.63, 3.8) is 0 Å². The highest BCUT2D eigenvalue weighted by atomic mass is 32.1. The third-order valence-electron chi connectivity index (χ3n) is 7.00. The van der Waals surface area contributed by atoms with Crippen LogP contribution in [0.3, 0.4) is 0 Å². The third kappa shape index (κ3) is 3.52. The fourth-order valence-corrected chi connectivity index (χ4v) is 6.19. The minimum absolute atomic E-state index is 0.0823. The van der Waals surface area contributed by atoms with E-state index >= 15 is 0 Å². The average Bonchev–Trinajstić information content (AvgIpc) is 3.30. The van der Waals surface area contributed by atoms with Crippen LogP contribution < -0.4 is 4.90 Å². The van der Waals surface area contributed by atoms with Crippen LogP contribution >= 0.6 is 11.3 Å². The summed E-state index contributed by atoms with van der Waals surface area (Å²) >= 11 is 1.81. The molecule has 29 heavy (non-hydrogen) atoms. The molecule has 0 spiro atoms. The molecule has 5 rings (SSSR count). The minimum Gasteiger partial charge on any atom is -0.396 e. The summed E-state index contributed by atoms with van der Waals surface area (Å²) in [7, 11) is 2.16. The summed E-state index contributed by atoms with van der Waals surface area (Å²) < 4.78 is 0. The van der Waals surface area contributed by atoms with E-state index in [0.29, 0.717) is 18.4 Å². The SMILES string of the molecule is CN(c1nc(CC(=O)N2CC[C@H](CO)C2)nc2sc3c(c12)CCCC3)C1CCC1. The van der Waals surface area contributed by atoms with Crippen LogP contribution in [0.15, 0.2) is 0 Å². The largest absolute Gasteiger partial charge is 0.396 e. The molecule has 1 atom stereocenters. The number of anilines is 1. The van der Waals surface area contributed by atoms with E-state index in [4.69, 9.17) is 9.97 Å². The monoisotopic (exact) mass is 414 g/mol. The van der Waals surface area contributed by atoms with Crippen molar-refractivity contribution in [1.82, 2.24) is 14.9 Å². The molecule has 1 aliphatic heterocycles. The van der Waals surface area contributed by atoms with Crippen molar-refractivity contribution in [1.29, 1.82) is 0 Å². The minimum atomic E-state index is 0.0823. The number of nitrogens with zero attached hydrogens (tertiary/aromatic N) is 4. The molecule has 2 fully saturated rings. The predicted octanol–water partition coefficient (Wildman–Crippen LogP) is 2.94. The van der Waals surface area contributed by atoms with Crippen molar-refractivity contribution in [3.05, 3.63) is 16.3 Å². The van der Waals surface area contributed by atoms with Gasteiger partial charge in [-0.05, 0) is 56.9 Å². The highest BCUT2D eigenvalue weighted by Gasteiger charge is 2.30. The summed E-state index contributed by atoms with van der Waals surface area (Å²) in [6.07, 6.45) is 9.64. The normalized spacial score (nSPS) is 22.0. The molecule has 2 aliphatic carbocycles. The summed E-state index contributed by atoms with van der Waals surface area (Å²) in [4.78, 5) is 29.4. The van der Waals surface area contributed by atoms with E-state index < -0.39 is 0 Å². The maximum Gasteiger partial charge on any atom is 0.230 e. The topological polar surface area (TPSA) is 69.6 Å². The van der Waals surface area contributed by atoms with Crippen LogP contribution in [0.1, 0.15) is 54.8 Å². The van der Waals surface area contributed by atoms with Gasteiger partial charge in [0, 0.05) is 43.6 Å². The molecule has 0 radical (unpaired) electrons. The Bertz CT molecular complexity index is 923. The molecular weight excluding hydrogens is 384 g/mol. The Morgan fingerprint density at radius 3 is 2.76 bits per heavy atom. The lowest BCUT2D eigenvalue weighted by molar-refractivity contribution is -0.129. The Morgan fingerprint density at radius 1 is 1.21 bits per heavy atom. The number of aryl methyl sites for hydroxylation is 2. The molecular formula is C22H30N4O2S. The first-order valence-electron chi connectivity index (χ1n) is 11.1. The summed E-state index contributed by atoms with van der Waals surface area (Å²) in [6, 6.07) is 0.555. The molecule has 156 valence electrons. The van der Waals surface area contributed by atoms with Crippen molar-refractivity contribution < 1.29 is 9.90 Å². The highest BCUT2D eigenvalue weighted by molar-refractivity contribution is 7.19. The van der Waals surface area contributed by atoms with Crippen molar-refractivity contribution >= 4 is 33.3 Å². The molecule has 0 aromatic carbocycles. The number of hydrogen-bond donors (Lipinski definition) is 1. The van der Waals surface area contributed by atoms with Gasteiger partial charge in [0.15, 0.2) is 0 Å². The van der Waals surface area contributed by atoms with Gasteiger partial charge in [0.1, 0.15) is 16.5 Å². The van der Waals surface area contributed by atoms with Crippen molar-refractivity contribution in [2.45, 2.75) is 63.8 Å². The molecule has 0 unspecified atom stereocenters. The second-order valence-corrected chi connectivity index (χ2v) is 9.99. The van der Waals surface area contributed by atoms with Crippen LogP contribution in [0, 0.1) is 5.92 Å². The van der Waals surface area contributed by atoms with Crippen molar-refractivity contribution in [2.75, 3.05) is 31.6 Å². The molecule has 6 nitrogen and oxygen atoms in total. The molecule has 2 aromatic rings. The average molecular weight is 415 g/mol. The van der Waals surface area contributed by atoms with E-state index in [9.17, 15) is 9.90 Å². The zero-order chi connectivity index (χ0) is 20.0. The second-order valence-electron chi connectivity index (χ2n) is 8.90. The molecule has 1 amide bonds. The van der Waals surface area contributed by atoms with Gasteiger partial charge < -0.3 is 14.9 Å². The Balaban J connectivity index is 1.48. The predicted molar refractivity (Wildman–Crippen MR) is 116 cm³/mol. The van der Waals surface area contributed by atoms with E-state index in [1.165, 1.54) is 47.9 Å². The van der Waals surface area contributed by atoms with E-state index in [1.54, 1.807) is 0 Å². The first-order valence-corrected chi connectivity index (χ1v) is 11.9. The Hall–Kier alpha value is -1.73. The number of carbonyl (C=O) groups excluding carboxylic acids is 1. The van der Waals surface area contributed by atoms with Gasteiger partial charge in [0.2, 0.25) is 5.91 Å². The van der Waals surface area contributed by atoms with Gasteiger partial charge in [-0.1, -0.05) is 0 Å². The van der Waals surface area contributed by atoms with E-state index in [1.807, 2.05) is 16.2 Å². The molecule has 1 N–H and O–H groups in total. The number of aliphatic hydroxyl groups excluding tert-OH is 1. The van der Waals surface area contributed by atoms with Gasteiger partial charge in [-0.2, -0.15) is 0 Å². The van der Waals surface area contributed by atoms with Crippen molar-refractivity contribution in [2.24, 2.45) is 5.92 Å². The molecule has 7 heteroatoms. The fraction of sp³-hybridized carbons (Fsp3) is 0.682. The third-order valence-corrected chi connectivity index (χ3v) is 8.19. The second kappa shape index (κ2) is 7.84. The molecule has 1 saturated carbocycles. The molecule has 1 saturated heterocycles. The van der Waals surface area contributed by atoms with Crippen LogP contribution in [0.25, 0.3) is 10.2 Å². The van der Waals surface area contributed by atoms with Crippen LogP contribution in [0.5, 0.6) is 0 Å². The summed E-state index contributed by atoms with van der Waals surface area (Å²) in [5.74, 6) is 1.98. The van der Waals surface area contributed by atoms with Gasteiger partial charge in [-0.25, -0.2) is 9.97 Å². The molecule has 0 bridgehead atoms. The summed E-state index contributed by atoms with van der Waals surface area (Å²) in [6.45, 7) is 1.54. The number of amides is 1. The number of aromatic nitrogens is 2. The number of fused-ring (bicyclic) bond motifs is 3. The fourth-order valence-electron chi connectivity index (χ4n) is 4.92. The lowest BCUT2D eigenvalue weighted by Crippen LogP contribution is -2.38. The number of hydrogen-bond acceptors (Lipinski definition) is 6. The first kappa shape index (κ1) is 19.2. The molecule has 3 heterocycles. The van der Waals surface area contributed by atoms with Gasteiger partial charge in [-0.15, -0.1) is 11.3 Å². The van der Waals surface area contributed by atoms with Gasteiger partial charge in [0.05, 0.1) is 11.8 Å². The standard InChI is InChI=1S/C22H30N4O2S/c1-25(15-5-4-6-15)21-20-16-7-2-3-8-17(16)29-22(20)24-18(23-21)11-19(28)26-10-9-14(12-26)13-27/h14-15,27H,2-13H2,1H3/t14-/m0/s1. The number of thiophene rings is 1. The summed E-state index contributed by atoms with van der Waals surface area (Å²) in [5.41, 5.74) is 1.46.